The van der Waals surface area contributed by atoms with Gasteiger partial charge in [0.05, 0.1) is 17.2 Å². The maximum absolute atomic E-state index is 12.7. The molecule has 0 heterocycles. The molecule has 4 nitrogen and oxygen atoms in total. The van der Waals surface area contributed by atoms with E-state index >= 15 is 0 Å². The average Bonchev–Trinajstić information content (AvgIpc) is 2.36. The van der Waals surface area contributed by atoms with E-state index in [9.17, 15) is 23.1 Å². The minimum Gasteiger partial charge on any atom is -0.383 e. The quantitative estimate of drug-likeness (QED) is 0.886. The fraction of sp³-hybridized carbons (Fsp3) is 0.333. The number of rotatable bonds is 3. The number of aliphatic hydroxyl groups excluding tert-OH is 1. The summed E-state index contributed by atoms with van der Waals surface area (Å²) in [5.74, 6) is -0.791. The molecular formula is C12H11F3N2O2. The molecule has 0 spiro atoms. The van der Waals surface area contributed by atoms with Gasteiger partial charge in [-0.2, -0.15) is 18.4 Å². The highest BCUT2D eigenvalue weighted by molar-refractivity contribution is 5.94. The van der Waals surface area contributed by atoms with Gasteiger partial charge in [-0.05, 0) is 24.6 Å². The van der Waals surface area contributed by atoms with Crippen LogP contribution >= 0.6 is 0 Å². The normalized spacial score (nSPS) is 12.6. The van der Waals surface area contributed by atoms with Gasteiger partial charge in [0.2, 0.25) is 0 Å². The zero-order chi connectivity index (χ0) is 14.6. The molecular weight excluding hydrogens is 261 g/mol. The van der Waals surface area contributed by atoms with Crippen LogP contribution in [0, 0.1) is 11.3 Å². The molecule has 0 aliphatic carbocycles. The summed E-state index contributed by atoms with van der Waals surface area (Å²) in [7, 11) is 0. The third-order valence-corrected chi connectivity index (χ3v) is 2.40. The lowest BCUT2D eigenvalue weighted by Crippen LogP contribution is -2.26. The molecule has 0 radical (unpaired) electrons. The molecule has 1 amide bonds. The smallest absolute Gasteiger partial charge is 0.383 e. The van der Waals surface area contributed by atoms with Crippen molar-refractivity contribution in [3.8, 4) is 6.07 Å². The Balaban J connectivity index is 3.07. The van der Waals surface area contributed by atoms with Gasteiger partial charge in [0.25, 0.3) is 5.91 Å². The number of nitrogens with zero attached hydrogens (tertiary/aromatic N) is 1. The van der Waals surface area contributed by atoms with Crippen molar-refractivity contribution in [2.75, 3.05) is 5.32 Å². The molecule has 1 rings (SSSR count). The summed E-state index contributed by atoms with van der Waals surface area (Å²) in [5.41, 5.74) is -1.77. The number of hydrogen-bond donors (Lipinski definition) is 2. The van der Waals surface area contributed by atoms with Crippen LogP contribution in [0.4, 0.5) is 18.9 Å². The number of carbonyl (C=O) groups excluding carboxylic acids is 1. The number of nitriles is 1. The zero-order valence-corrected chi connectivity index (χ0v) is 9.95. The summed E-state index contributed by atoms with van der Waals surface area (Å²) in [4.78, 5) is 11.4. The van der Waals surface area contributed by atoms with Gasteiger partial charge in [-0.1, -0.05) is 6.92 Å². The van der Waals surface area contributed by atoms with Crippen LogP contribution in [-0.4, -0.2) is 17.1 Å². The van der Waals surface area contributed by atoms with E-state index in [1.54, 1.807) is 6.92 Å². The van der Waals surface area contributed by atoms with Crippen LogP contribution < -0.4 is 5.32 Å². The molecule has 7 heteroatoms. The van der Waals surface area contributed by atoms with Crippen LogP contribution in [0.15, 0.2) is 18.2 Å². The predicted molar refractivity (Wildman–Crippen MR) is 61.1 cm³/mol. The number of nitrogens with one attached hydrogen (secondary N) is 1. The third kappa shape index (κ3) is 3.69. The number of alkyl halides is 3. The number of anilines is 1. The molecule has 0 aromatic heterocycles. The number of halogens is 3. The zero-order valence-electron chi connectivity index (χ0n) is 9.95. The number of hydrogen-bond acceptors (Lipinski definition) is 3. The second kappa shape index (κ2) is 5.71. The second-order valence-corrected chi connectivity index (χ2v) is 3.78. The lowest BCUT2D eigenvalue weighted by Gasteiger charge is -2.13. The Hall–Kier alpha value is -2.07. The first kappa shape index (κ1) is 15.0. The lowest BCUT2D eigenvalue weighted by molar-refractivity contribution is -0.137. The van der Waals surface area contributed by atoms with E-state index in [1.807, 2.05) is 0 Å². The Morgan fingerprint density at radius 3 is 2.63 bits per heavy atom. The fourth-order valence-corrected chi connectivity index (χ4v) is 1.36. The van der Waals surface area contributed by atoms with E-state index in [0.29, 0.717) is 6.07 Å². The molecule has 1 atom stereocenters. The molecule has 0 saturated carbocycles. The monoisotopic (exact) mass is 272 g/mol. The Bertz CT molecular complexity index is 521. The first-order valence-corrected chi connectivity index (χ1v) is 5.39. The van der Waals surface area contributed by atoms with Gasteiger partial charge in [0.1, 0.15) is 6.10 Å². The van der Waals surface area contributed by atoms with Crippen molar-refractivity contribution >= 4 is 11.6 Å². The largest absolute Gasteiger partial charge is 0.417 e. The van der Waals surface area contributed by atoms with Crippen molar-refractivity contribution in [2.24, 2.45) is 0 Å². The molecule has 1 aromatic rings. The Labute approximate surface area is 107 Å². The molecule has 0 aliphatic rings. The lowest BCUT2D eigenvalue weighted by atomic mass is 10.1. The van der Waals surface area contributed by atoms with E-state index in [2.05, 4.69) is 5.32 Å². The SMILES string of the molecule is CC[C@H](O)C(=O)Nc1ccc(C#N)c(C(F)(F)F)c1. The van der Waals surface area contributed by atoms with Crippen molar-refractivity contribution < 1.29 is 23.1 Å². The summed E-state index contributed by atoms with van der Waals surface area (Å²) in [5, 5.41) is 20.0. The van der Waals surface area contributed by atoms with Gasteiger partial charge in [-0.15, -0.1) is 0 Å². The number of amides is 1. The Morgan fingerprint density at radius 1 is 1.53 bits per heavy atom. The van der Waals surface area contributed by atoms with E-state index in [4.69, 9.17) is 5.26 Å². The fourth-order valence-electron chi connectivity index (χ4n) is 1.36. The minimum absolute atomic E-state index is 0.121. The molecule has 19 heavy (non-hydrogen) atoms. The van der Waals surface area contributed by atoms with E-state index < -0.39 is 29.3 Å². The van der Waals surface area contributed by atoms with Gasteiger partial charge in [-0.3, -0.25) is 4.79 Å². The maximum Gasteiger partial charge on any atom is 0.417 e. The van der Waals surface area contributed by atoms with E-state index in [-0.39, 0.29) is 12.1 Å². The Kier molecular flexibility index (Phi) is 4.51. The number of benzene rings is 1. The van der Waals surface area contributed by atoms with Crippen LogP contribution in [0.3, 0.4) is 0 Å². The van der Waals surface area contributed by atoms with Gasteiger partial charge < -0.3 is 10.4 Å². The topological polar surface area (TPSA) is 73.1 Å². The highest BCUT2D eigenvalue weighted by Crippen LogP contribution is 2.33. The molecule has 2 N–H and O–H groups in total. The van der Waals surface area contributed by atoms with Gasteiger partial charge >= 0.3 is 6.18 Å². The molecule has 1 aromatic carbocycles. The summed E-state index contributed by atoms with van der Waals surface area (Å²) in [6, 6.07) is 4.24. The molecule has 0 bridgehead atoms. The summed E-state index contributed by atoms with van der Waals surface area (Å²) >= 11 is 0. The first-order valence-electron chi connectivity index (χ1n) is 5.39. The summed E-state index contributed by atoms with van der Waals surface area (Å²) < 4.78 is 38.0. The van der Waals surface area contributed by atoms with E-state index in [0.717, 1.165) is 6.07 Å². The number of aliphatic hydroxyl groups is 1. The van der Waals surface area contributed by atoms with Crippen LogP contribution in [0.2, 0.25) is 0 Å². The maximum atomic E-state index is 12.7. The van der Waals surface area contributed by atoms with Gasteiger partial charge in [0, 0.05) is 5.69 Å². The van der Waals surface area contributed by atoms with Crippen LogP contribution in [0.5, 0.6) is 0 Å². The van der Waals surface area contributed by atoms with Gasteiger partial charge in [0.15, 0.2) is 0 Å². The van der Waals surface area contributed by atoms with Crippen molar-refractivity contribution in [3.05, 3.63) is 29.3 Å². The first-order chi connectivity index (χ1) is 8.79. The van der Waals surface area contributed by atoms with Crippen LogP contribution in [-0.2, 0) is 11.0 Å². The van der Waals surface area contributed by atoms with Crippen LogP contribution in [0.1, 0.15) is 24.5 Å². The van der Waals surface area contributed by atoms with E-state index in [1.165, 1.54) is 12.1 Å². The second-order valence-electron chi connectivity index (χ2n) is 3.78. The van der Waals surface area contributed by atoms with Crippen molar-refractivity contribution in [3.63, 3.8) is 0 Å². The Morgan fingerprint density at radius 2 is 2.16 bits per heavy atom. The van der Waals surface area contributed by atoms with Crippen molar-refractivity contribution in [1.29, 1.82) is 5.26 Å². The molecule has 102 valence electrons. The molecule has 0 fully saturated rings. The van der Waals surface area contributed by atoms with Crippen molar-refractivity contribution in [2.45, 2.75) is 25.6 Å². The standard InChI is InChI=1S/C12H11F3N2O2/c1-2-10(18)11(19)17-8-4-3-7(6-16)9(5-8)12(13,14)15/h3-5,10,18H,2H2,1H3,(H,17,19)/t10-/m0/s1. The number of carbonyl (C=O) groups is 1. The highest BCUT2D eigenvalue weighted by atomic mass is 19.4. The average molecular weight is 272 g/mol. The summed E-state index contributed by atoms with van der Waals surface area (Å²) in [6.07, 6.45) is -5.83. The van der Waals surface area contributed by atoms with Crippen molar-refractivity contribution in [1.82, 2.24) is 0 Å². The predicted octanol–water partition coefficient (Wildman–Crippen LogP) is 2.29. The van der Waals surface area contributed by atoms with Gasteiger partial charge in [-0.25, -0.2) is 0 Å². The molecule has 0 saturated heterocycles. The molecule has 0 unspecified atom stereocenters. The van der Waals surface area contributed by atoms with Crippen LogP contribution in [0.25, 0.3) is 0 Å². The summed E-state index contributed by atoms with van der Waals surface area (Å²) in [6.45, 7) is 1.56. The third-order valence-electron chi connectivity index (χ3n) is 2.40. The molecule has 0 aliphatic heterocycles. The highest BCUT2D eigenvalue weighted by Gasteiger charge is 2.34. The minimum atomic E-state index is -4.69.